The second-order valence-corrected chi connectivity index (χ2v) is 9.42. The van der Waals surface area contributed by atoms with Crippen LogP contribution in [-0.2, 0) is 35.0 Å². The van der Waals surface area contributed by atoms with Crippen LogP contribution in [0.4, 0.5) is 4.79 Å². The molecule has 1 rings (SSSR count). The summed E-state index contributed by atoms with van der Waals surface area (Å²) in [7, 11) is 1.23. The van der Waals surface area contributed by atoms with Gasteiger partial charge in [0, 0.05) is 6.42 Å². The monoisotopic (exact) mass is 503 g/mol. The number of benzene rings is 1. The zero-order chi connectivity index (χ0) is 27.3. The Labute approximate surface area is 212 Å². The molecule has 10 heteroatoms. The first kappa shape index (κ1) is 30.5. The van der Waals surface area contributed by atoms with Crippen molar-refractivity contribution in [1.29, 1.82) is 0 Å². The number of hydrogen-bond acceptors (Lipinski definition) is 7. The minimum atomic E-state index is -1.18. The van der Waals surface area contributed by atoms with Gasteiger partial charge in [-0.3, -0.25) is 9.59 Å². The highest BCUT2D eigenvalue weighted by atomic mass is 16.6. The minimum Gasteiger partial charge on any atom is -0.467 e. The van der Waals surface area contributed by atoms with Crippen molar-refractivity contribution in [2.45, 2.75) is 64.8 Å². The summed E-state index contributed by atoms with van der Waals surface area (Å²) in [4.78, 5) is 50.8. The number of carbonyl (C=O) groups excluding carboxylic acids is 4. The first-order valence-electron chi connectivity index (χ1n) is 11.6. The Kier molecular flexibility index (Phi) is 12.5. The van der Waals surface area contributed by atoms with Crippen LogP contribution in [0, 0.1) is 18.3 Å². The van der Waals surface area contributed by atoms with Gasteiger partial charge in [0.1, 0.15) is 30.3 Å². The molecule has 0 unspecified atom stereocenters. The van der Waals surface area contributed by atoms with E-state index in [9.17, 15) is 19.2 Å². The summed E-state index contributed by atoms with van der Waals surface area (Å²) in [6.45, 7) is 8.21. The molecule has 1 aromatic rings. The van der Waals surface area contributed by atoms with Crippen LogP contribution in [0.25, 0.3) is 0 Å². The van der Waals surface area contributed by atoms with E-state index >= 15 is 0 Å². The predicted molar refractivity (Wildman–Crippen MR) is 134 cm³/mol. The maximum absolute atomic E-state index is 13.1. The Morgan fingerprint density at radius 1 is 0.972 bits per heavy atom. The van der Waals surface area contributed by atoms with Gasteiger partial charge in [-0.15, -0.1) is 6.42 Å². The number of hydrogen-bond donors (Lipinski definition) is 3. The molecule has 0 heterocycles. The van der Waals surface area contributed by atoms with Gasteiger partial charge >= 0.3 is 12.1 Å². The van der Waals surface area contributed by atoms with Crippen LogP contribution in [-0.4, -0.2) is 67.9 Å². The highest BCUT2D eigenvalue weighted by molar-refractivity contribution is 5.93. The number of ether oxygens (including phenoxy) is 3. The van der Waals surface area contributed by atoms with Crippen LogP contribution >= 0.6 is 0 Å². The quantitative estimate of drug-likeness (QED) is 0.224. The van der Waals surface area contributed by atoms with Crippen molar-refractivity contribution in [3.8, 4) is 12.3 Å². The summed E-state index contributed by atoms with van der Waals surface area (Å²) >= 11 is 0. The fraction of sp³-hybridized carbons (Fsp3) is 0.538. The molecule has 198 valence electrons. The number of amides is 3. The molecule has 0 saturated carbocycles. The van der Waals surface area contributed by atoms with Gasteiger partial charge in [0.2, 0.25) is 11.8 Å². The second kappa shape index (κ2) is 14.7. The third kappa shape index (κ3) is 11.2. The SMILES string of the molecule is C#CCOC[C@H](NC(=O)OC(C)(C)C)C(=O)N[C@H](C(=O)N[C@@H](Cc1ccccc1)C(=O)OC)C(C)C. The van der Waals surface area contributed by atoms with E-state index in [1.165, 1.54) is 7.11 Å². The maximum atomic E-state index is 13.1. The summed E-state index contributed by atoms with van der Waals surface area (Å²) in [6.07, 6.45) is 4.58. The molecule has 0 aliphatic heterocycles. The first-order chi connectivity index (χ1) is 16.9. The standard InChI is InChI=1S/C26H37N3O7/c1-8-14-35-16-20(28-25(33)36-26(4,5)6)22(30)29-21(17(2)3)23(31)27-19(24(32)34-7)15-18-12-10-9-11-13-18/h1,9-13,17,19-21H,14-16H2,2-7H3,(H,27,31)(H,28,33)(H,29,30)/t19-,20-,21-/m0/s1. The van der Waals surface area contributed by atoms with Gasteiger partial charge in [-0.05, 0) is 32.3 Å². The van der Waals surface area contributed by atoms with Crippen molar-refractivity contribution in [1.82, 2.24) is 16.0 Å². The van der Waals surface area contributed by atoms with Gasteiger partial charge in [0.15, 0.2) is 0 Å². The molecular weight excluding hydrogens is 466 g/mol. The van der Waals surface area contributed by atoms with E-state index < -0.39 is 47.6 Å². The summed E-state index contributed by atoms with van der Waals surface area (Å²) in [5.74, 6) is 0.0609. The average Bonchev–Trinajstić information content (AvgIpc) is 2.80. The summed E-state index contributed by atoms with van der Waals surface area (Å²) in [5, 5.41) is 7.74. The Morgan fingerprint density at radius 3 is 2.14 bits per heavy atom. The number of alkyl carbamates (subject to hydrolysis) is 1. The van der Waals surface area contributed by atoms with Crippen LogP contribution in [0.2, 0.25) is 0 Å². The smallest absolute Gasteiger partial charge is 0.408 e. The normalized spacial score (nSPS) is 13.5. The molecule has 0 bridgehead atoms. The van der Waals surface area contributed by atoms with E-state index in [0.29, 0.717) is 0 Å². The average molecular weight is 504 g/mol. The lowest BCUT2D eigenvalue weighted by atomic mass is 10.0. The topological polar surface area (TPSA) is 132 Å². The predicted octanol–water partition coefficient (Wildman–Crippen LogP) is 1.57. The van der Waals surface area contributed by atoms with Crippen molar-refractivity contribution in [3.63, 3.8) is 0 Å². The third-order valence-electron chi connectivity index (χ3n) is 4.81. The van der Waals surface area contributed by atoms with Gasteiger partial charge in [0.05, 0.1) is 13.7 Å². The molecule has 0 aliphatic rings. The molecular formula is C26H37N3O7. The van der Waals surface area contributed by atoms with E-state index in [2.05, 4.69) is 21.9 Å². The largest absolute Gasteiger partial charge is 0.467 e. The molecule has 0 saturated heterocycles. The highest BCUT2D eigenvalue weighted by Gasteiger charge is 2.32. The van der Waals surface area contributed by atoms with Crippen molar-refractivity contribution >= 4 is 23.9 Å². The molecule has 0 spiro atoms. The highest BCUT2D eigenvalue weighted by Crippen LogP contribution is 2.09. The Balaban J connectivity index is 2.99. The molecule has 36 heavy (non-hydrogen) atoms. The van der Waals surface area contributed by atoms with Crippen LogP contribution in [0.5, 0.6) is 0 Å². The fourth-order valence-electron chi connectivity index (χ4n) is 3.10. The molecule has 0 aliphatic carbocycles. The molecule has 10 nitrogen and oxygen atoms in total. The van der Waals surface area contributed by atoms with Crippen LogP contribution < -0.4 is 16.0 Å². The van der Waals surface area contributed by atoms with Crippen LogP contribution in [0.3, 0.4) is 0 Å². The van der Waals surface area contributed by atoms with E-state index in [1.54, 1.807) is 34.6 Å². The van der Waals surface area contributed by atoms with Gasteiger partial charge in [-0.2, -0.15) is 0 Å². The summed E-state index contributed by atoms with van der Waals surface area (Å²) in [6, 6.07) is 5.98. The summed E-state index contributed by atoms with van der Waals surface area (Å²) in [5.41, 5.74) is 0.0397. The van der Waals surface area contributed by atoms with Gasteiger partial charge in [-0.25, -0.2) is 9.59 Å². The molecule has 0 aromatic heterocycles. The fourth-order valence-corrected chi connectivity index (χ4v) is 3.10. The number of esters is 1. The van der Waals surface area contributed by atoms with Crippen LogP contribution in [0.15, 0.2) is 30.3 Å². The lowest BCUT2D eigenvalue weighted by Crippen LogP contribution is -2.58. The van der Waals surface area contributed by atoms with E-state index in [4.69, 9.17) is 20.6 Å². The molecule has 0 radical (unpaired) electrons. The molecule has 1 aromatic carbocycles. The van der Waals surface area contributed by atoms with Crippen molar-refractivity contribution < 1.29 is 33.4 Å². The molecule has 0 fully saturated rings. The van der Waals surface area contributed by atoms with E-state index in [0.717, 1.165) is 5.56 Å². The number of nitrogens with one attached hydrogen (secondary N) is 3. The van der Waals surface area contributed by atoms with Crippen molar-refractivity contribution in [3.05, 3.63) is 35.9 Å². The molecule has 3 N–H and O–H groups in total. The van der Waals surface area contributed by atoms with Crippen molar-refractivity contribution in [2.75, 3.05) is 20.3 Å². The van der Waals surface area contributed by atoms with Crippen molar-refractivity contribution in [2.24, 2.45) is 5.92 Å². The Morgan fingerprint density at radius 2 is 1.61 bits per heavy atom. The number of methoxy groups -OCH3 is 1. The summed E-state index contributed by atoms with van der Waals surface area (Å²) < 4.78 is 15.3. The zero-order valence-electron chi connectivity index (χ0n) is 21.8. The Hall–Kier alpha value is -3.58. The van der Waals surface area contributed by atoms with E-state index in [-0.39, 0.29) is 25.6 Å². The van der Waals surface area contributed by atoms with E-state index in [1.807, 2.05) is 30.3 Å². The maximum Gasteiger partial charge on any atom is 0.408 e. The molecule has 3 amide bonds. The third-order valence-corrected chi connectivity index (χ3v) is 4.81. The van der Waals surface area contributed by atoms with Gasteiger partial charge in [0.25, 0.3) is 0 Å². The molecule has 3 atom stereocenters. The van der Waals surface area contributed by atoms with Gasteiger partial charge in [-0.1, -0.05) is 50.1 Å². The number of terminal acetylenes is 1. The number of carbonyl (C=O) groups is 4. The second-order valence-electron chi connectivity index (χ2n) is 9.42. The zero-order valence-corrected chi connectivity index (χ0v) is 21.8. The first-order valence-corrected chi connectivity index (χ1v) is 11.6. The van der Waals surface area contributed by atoms with Crippen LogP contribution in [0.1, 0.15) is 40.2 Å². The lowest BCUT2D eigenvalue weighted by Gasteiger charge is -2.27. The lowest BCUT2D eigenvalue weighted by molar-refractivity contribution is -0.145. The van der Waals surface area contributed by atoms with Gasteiger partial charge < -0.3 is 30.2 Å². The number of rotatable bonds is 12. The minimum absolute atomic E-state index is 0.0752. The Bertz CT molecular complexity index is 920.